The van der Waals surface area contributed by atoms with E-state index in [-0.39, 0.29) is 12.7 Å². The number of carbonyl (C=O) groups excluding carboxylic acids is 2. The molecule has 8 nitrogen and oxygen atoms in total. The molecule has 0 spiro atoms. The van der Waals surface area contributed by atoms with Crippen LogP contribution in [0.4, 0.5) is 0 Å². The number of fused-ring (bicyclic) bond motifs is 2. The van der Waals surface area contributed by atoms with E-state index in [1.807, 2.05) is 56.4 Å². The lowest BCUT2D eigenvalue weighted by Crippen LogP contribution is -2.48. The lowest BCUT2D eigenvalue weighted by atomic mass is 10.0. The van der Waals surface area contributed by atoms with E-state index < -0.39 is 17.9 Å². The maximum Gasteiger partial charge on any atom is 0.262 e. The molecule has 4 aromatic rings. The van der Waals surface area contributed by atoms with Gasteiger partial charge in [0.05, 0.1) is 16.3 Å². The Morgan fingerprint density at radius 2 is 1.82 bits per heavy atom. The minimum atomic E-state index is -0.795. The number of nitrogens with one attached hydrogen (secondary N) is 2. The Morgan fingerprint density at radius 3 is 2.62 bits per heavy atom. The second-order valence-corrected chi connectivity index (χ2v) is 10.3. The first-order valence-electron chi connectivity index (χ1n) is 12.4. The van der Waals surface area contributed by atoms with E-state index in [1.165, 1.54) is 0 Å². The number of benzene rings is 3. The van der Waals surface area contributed by atoms with Gasteiger partial charge in [-0.15, -0.1) is 0 Å². The lowest BCUT2D eigenvalue weighted by Gasteiger charge is -2.20. The maximum atomic E-state index is 13.0. The summed E-state index contributed by atoms with van der Waals surface area (Å²) < 4.78 is 12.7. The molecule has 1 unspecified atom stereocenters. The highest BCUT2D eigenvalue weighted by Gasteiger charge is 2.25. The van der Waals surface area contributed by atoms with Crippen LogP contribution in [0.3, 0.4) is 0 Å². The molecule has 200 valence electrons. The molecule has 2 amide bonds. The van der Waals surface area contributed by atoms with Gasteiger partial charge in [-0.05, 0) is 47.9 Å². The first-order valence-corrected chi connectivity index (χ1v) is 13.1. The summed E-state index contributed by atoms with van der Waals surface area (Å²) in [6.45, 7) is 4.40. The van der Waals surface area contributed by atoms with E-state index in [9.17, 15) is 9.59 Å². The molecular formula is C29H26Cl2N4O4. The first-order chi connectivity index (χ1) is 18.8. The van der Waals surface area contributed by atoms with Crippen molar-refractivity contribution in [2.75, 3.05) is 6.79 Å². The predicted octanol–water partition coefficient (Wildman–Crippen LogP) is 5.63. The van der Waals surface area contributed by atoms with Gasteiger partial charge in [0, 0.05) is 34.8 Å². The van der Waals surface area contributed by atoms with Crippen LogP contribution in [0.2, 0.25) is 10.0 Å². The fourth-order valence-electron chi connectivity index (χ4n) is 4.38. The van der Waals surface area contributed by atoms with Gasteiger partial charge >= 0.3 is 0 Å². The van der Waals surface area contributed by atoms with Gasteiger partial charge in [0.2, 0.25) is 6.79 Å². The zero-order valence-corrected chi connectivity index (χ0v) is 22.8. The molecule has 39 heavy (non-hydrogen) atoms. The summed E-state index contributed by atoms with van der Waals surface area (Å²) in [5, 5.41) is 8.99. The summed E-state index contributed by atoms with van der Waals surface area (Å²) in [4.78, 5) is 25.8. The fourth-order valence-corrected chi connectivity index (χ4v) is 4.70. The van der Waals surface area contributed by atoms with Crippen LogP contribution in [0, 0.1) is 5.92 Å². The third-order valence-electron chi connectivity index (χ3n) is 6.41. The highest BCUT2D eigenvalue weighted by atomic mass is 35.5. The number of ether oxygens (including phenoxy) is 2. The number of hydrogen-bond donors (Lipinski definition) is 2. The van der Waals surface area contributed by atoms with Crippen molar-refractivity contribution in [2.24, 2.45) is 11.0 Å². The van der Waals surface area contributed by atoms with Gasteiger partial charge in [-0.2, -0.15) is 5.10 Å². The molecular weight excluding hydrogens is 539 g/mol. The van der Waals surface area contributed by atoms with Crippen LogP contribution < -0.4 is 20.2 Å². The quantitative estimate of drug-likeness (QED) is 0.214. The summed E-state index contributed by atoms with van der Waals surface area (Å²) >= 11 is 12.3. The van der Waals surface area contributed by atoms with E-state index in [0.29, 0.717) is 33.7 Å². The number of aromatic nitrogens is 1. The van der Waals surface area contributed by atoms with E-state index in [1.54, 1.807) is 30.5 Å². The van der Waals surface area contributed by atoms with Crippen molar-refractivity contribution in [3.8, 4) is 11.5 Å². The fraction of sp³-hybridized carbons (Fsp3) is 0.207. The van der Waals surface area contributed by atoms with Crippen molar-refractivity contribution >= 4 is 52.1 Å². The minimum Gasteiger partial charge on any atom is -0.454 e. The van der Waals surface area contributed by atoms with Gasteiger partial charge < -0.3 is 19.4 Å². The maximum absolute atomic E-state index is 13.0. The van der Waals surface area contributed by atoms with Gasteiger partial charge in [0.15, 0.2) is 11.5 Å². The normalized spacial score (nSPS) is 13.3. The molecule has 0 bridgehead atoms. The highest BCUT2D eigenvalue weighted by molar-refractivity contribution is 6.42. The third kappa shape index (κ3) is 5.87. The summed E-state index contributed by atoms with van der Waals surface area (Å²) in [6, 6.07) is 17.6. The van der Waals surface area contributed by atoms with Crippen LogP contribution in [-0.4, -0.2) is 35.4 Å². The Bertz CT molecular complexity index is 1580. The predicted molar refractivity (Wildman–Crippen MR) is 152 cm³/mol. The molecule has 1 aromatic heterocycles. The standard InChI is InChI=1S/C29H26Cl2N4O4/c1-17(2)27(33-28(36)19-8-10-25-26(12-19)39-16-38-25)29(37)34-32-13-20-15-35(24-6-4-3-5-21(20)24)14-18-7-9-22(30)23(31)11-18/h3-13,15,17,27H,14,16H2,1-2H3,(H,33,36)(H,34,37)/b32-13+. The van der Waals surface area contributed by atoms with Crippen LogP contribution >= 0.6 is 23.2 Å². The van der Waals surface area contributed by atoms with Crippen LogP contribution in [0.15, 0.2) is 72.0 Å². The number of hydrazone groups is 1. The topological polar surface area (TPSA) is 93.9 Å². The van der Waals surface area contributed by atoms with Crippen LogP contribution in [0.5, 0.6) is 11.5 Å². The van der Waals surface area contributed by atoms with Crippen LogP contribution in [0.1, 0.15) is 35.3 Å². The number of para-hydroxylation sites is 1. The van der Waals surface area contributed by atoms with Gasteiger partial charge in [0.25, 0.3) is 11.8 Å². The van der Waals surface area contributed by atoms with Crippen LogP contribution in [0.25, 0.3) is 10.9 Å². The van der Waals surface area contributed by atoms with E-state index in [2.05, 4.69) is 20.4 Å². The van der Waals surface area contributed by atoms with Crippen LogP contribution in [-0.2, 0) is 11.3 Å². The largest absolute Gasteiger partial charge is 0.454 e. The molecule has 10 heteroatoms. The molecule has 2 heterocycles. The minimum absolute atomic E-state index is 0.115. The zero-order chi connectivity index (χ0) is 27.5. The van der Waals surface area contributed by atoms with E-state index in [4.69, 9.17) is 32.7 Å². The smallest absolute Gasteiger partial charge is 0.262 e. The number of carbonyl (C=O) groups is 2. The van der Waals surface area contributed by atoms with E-state index in [0.717, 1.165) is 22.0 Å². The average molecular weight is 565 g/mol. The number of amides is 2. The monoisotopic (exact) mass is 564 g/mol. The molecule has 1 aliphatic rings. The average Bonchev–Trinajstić information content (AvgIpc) is 3.53. The number of halogens is 2. The second kappa shape index (κ2) is 11.4. The molecule has 0 saturated carbocycles. The van der Waals surface area contributed by atoms with Gasteiger partial charge in [-0.3, -0.25) is 9.59 Å². The molecule has 1 aliphatic heterocycles. The molecule has 0 fully saturated rings. The summed E-state index contributed by atoms with van der Waals surface area (Å²) in [5.41, 5.74) is 5.79. The van der Waals surface area contributed by atoms with Crippen molar-refractivity contribution in [1.82, 2.24) is 15.3 Å². The molecule has 0 saturated heterocycles. The Morgan fingerprint density at radius 1 is 1.03 bits per heavy atom. The zero-order valence-electron chi connectivity index (χ0n) is 21.3. The van der Waals surface area contributed by atoms with Gasteiger partial charge in [-0.1, -0.05) is 61.3 Å². The Labute approximate surface area is 235 Å². The lowest BCUT2D eigenvalue weighted by molar-refractivity contribution is -0.123. The van der Waals surface area contributed by atoms with E-state index >= 15 is 0 Å². The Kier molecular flexibility index (Phi) is 7.77. The van der Waals surface area contributed by atoms with Gasteiger partial charge in [0.1, 0.15) is 6.04 Å². The molecule has 5 rings (SSSR count). The SMILES string of the molecule is CC(C)C(NC(=O)c1ccc2c(c1)OCO2)C(=O)N/N=C/c1cn(Cc2ccc(Cl)c(Cl)c2)c2ccccc12. The Hall–Kier alpha value is -4.01. The third-order valence-corrected chi connectivity index (χ3v) is 7.14. The summed E-state index contributed by atoms with van der Waals surface area (Å²) in [6.07, 6.45) is 3.56. The number of rotatable bonds is 8. The molecule has 2 N–H and O–H groups in total. The van der Waals surface area contributed by atoms with Crippen molar-refractivity contribution in [2.45, 2.75) is 26.4 Å². The molecule has 3 aromatic carbocycles. The van der Waals surface area contributed by atoms with Crippen molar-refractivity contribution < 1.29 is 19.1 Å². The number of nitrogens with zero attached hydrogens (tertiary/aromatic N) is 2. The molecule has 0 aliphatic carbocycles. The molecule has 1 atom stereocenters. The van der Waals surface area contributed by atoms with Crippen molar-refractivity contribution in [1.29, 1.82) is 0 Å². The Balaban J connectivity index is 1.29. The molecule has 0 radical (unpaired) electrons. The highest BCUT2D eigenvalue weighted by Crippen LogP contribution is 2.32. The van der Waals surface area contributed by atoms with Gasteiger partial charge in [-0.25, -0.2) is 5.43 Å². The van der Waals surface area contributed by atoms with Crippen molar-refractivity contribution in [3.63, 3.8) is 0 Å². The number of hydrogen-bond acceptors (Lipinski definition) is 5. The summed E-state index contributed by atoms with van der Waals surface area (Å²) in [5.74, 6) is 0.0890. The second-order valence-electron chi connectivity index (χ2n) is 9.48. The van der Waals surface area contributed by atoms with Crippen molar-refractivity contribution in [3.05, 3.63) is 93.6 Å². The summed E-state index contributed by atoms with van der Waals surface area (Å²) in [7, 11) is 0. The first kappa shape index (κ1) is 26.6.